The van der Waals surface area contributed by atoms with E-state index in [1.807, 2.05) is 10.7 Å². The van der Waals surface area contributed by atoms with Crippen LogP contribution in [0.4, 0.5) is 10.2 Å². The molecule has 5 rings (SSSR count). The van der Waals surface area contributed by atoms with Gasteiger partial charge in [0, 0.05) is 37.1 Å². The molecule has 0 N–H and O–H groups in total. The van der Waals surface area contributed by atoms with Gasteiger partial charge in [-0.1, -0.05) is 12.1 Å². The molecule has 1 saturated carbocycles. The molecule has 2 aliphatic rings. The van der Waals surface area contributed by atoms with Gasteiger partial charge in [-0.05, 0) is 56.2 Å². The van der Waals surface area contributed by atoms with Gasteiger partial charge in [0.15, 0.2) is 5.82 Å². The fourth-order valence-corrected chi connectivity index (χ4v) is 4.11. The second kappa shape index (κ2) is 6.09. The highest BCUT2D eigenvalue weighted by Gasteiger charge is 2.35. The van der Waals surface area contributed by atoms with E-state index < -0.39 is 0 Å². The quantitative estimate of drug-likeness (QED) is 0.717. The molecule has 0 radical (unpaired) electrons. The minimum absolute atomic E-state index is 0.227. The number of nitrogens with zero attached hydrogens (tertiary/aromatic N) is 4. The van der Waals surface area contributed by atoms with Crippen molar-refractivity contribution in [2.45, 2.75) is 31.8 Å². The summed E-state index contributed by atoms with van der Waals surface area (Å²) in [6.07, 6.45) is 2.71. The van der Waals surface area contributed by atoms with Crippen LogP contribution in [0.1, 0.15) is 19.8 Å². The maximum absolute atomic E-state index is 13.3. The molecular weight excluding hydrogens is 327 g/mol. The predicted octanol–water partition coefficient (Wildman–Crippen LogP) is 3.84. The lowest BCUT2D eigenvalue weighted by Gasteiger charge is -2.40. The van der Waals surface area contributed by atoms with Gasteiger partial charge in [0.1, 0.15) is 5.82 Å². The first kappa shape index (κ1) is 15.8. The number of para-hydroxylation sites is 1. The summed E-state index contributed by atoms with van der Waals surface area (Å²) in [7, 11) is 0. The van der Waals surface area contributed by atoms with Gasteiger partial charge in [-0.3, -0.25) is 4.90 Å². The Labute approximate surface area is 152 Å². The van der Waals surface area contributed by atoms with Gasteiger partial charge in [0.05, 0.1) is 11.2 Å². The summed E-state index contributed by atoms with van der Waals surface area (Å²) in [6.45, 7) is 5.50. The summed E-state index contributed by atoms with van der Waals surface area (Å²) in [6, 6.07) is 16.1. The number of hydrogen-bond donors (Lipinski definition) is 0. The minimum atomic E-state index is -0.227. The van der Waals surface area contributed by atoms with Gasteiger partial charge in [-0.15, -0.1) is 5.10 Å². The molecule has 5 heteroatoms. The summed E-state index contributed by atoms with van der Waals surface area (Å²) in [5, 5.41) is 6.11. The standard InChI is InChI=1S/C21H23FN4/c1-15-14-24(17-10-11-17)12-13-25(15)21-19-4-2-3-5-20(19)26(23-21)18-8-6-16(22)7-9-18/h2-9,15,17H,10-14H2,1H3. The second-order valence-electron chi connectivity index (χ2n) is 7.50. The van der Waals surface area contributed by atoms with Crippen molar-refractivity contribution in [1.29, 1.82) is 0 Å². The number of anilines is 1. The number of benzene rings is 2. The summed E-state index contributed by atoms with van der Waals surface area (Å²) < 4.78 is 15.3. The average molecular weight is 350 g/mol. The number of piperazine rings is 1. The second-order valence-corrected chi connectivity index (χ2v) is 7.50. The molecule has 3 aromatic rings. The lowest BCUT2D eigenvalue weighted by atomic mass is 10.1. The molecular formula is C21H23FN4. The van der Waals surface area contributed by atoms with Crippen molar-refractivity contribution in [2.24, 2.45) is 0 Å². The monoisotopic (exact) mass is 350 g/mol. The Morgan fingerprint density at radius 3 is 2.50 bits per heavy atom. The average Bonchev–Trinajstić information content (AvgIpc) is 3.44. The topological polar surface area (TPSA) is 24.3 Å². The Morgan fingerprint density at radius 1 is 1.00 bits per heavy atom. The van der Waals surface area contributed by atoms with Gasteiger partial charge >= 0.3 is 0 Å². The number of hydrogen-bond acceptors (Lipinski definition) is 3. The Balaban J connectivity index is 1.55. The van der Waals surface area contributed by atoms with Crippen LogP contribution < -0.4 is 4.90 Å². The summed E-state index contributed by atoms with van der Waals surface area (Å²) in [4.78, 5) is 5.06. The van der Waals surface area contributed by atoms with Crippen molar-refractivity contribution in [2.75, 3.05) is 24.5 Å². The molecule has 0 bridgehead atoms. The van der Waals surface area contributed by atoms with Crippen LogP contribution in [0.15, 0.2) is 48.5 Å². The molecule has 1 aromatic heterocycles. The number of aromatic nitrogens is 2. The van der Waals surface area contributed by atoms with E-state index in [1.165, 1.54) is 25.0 Å². The third kappa shape index (κ3) is 2.67. The van der Waals surface area contributed by atoms with Crippen molar-refractivity contribution >= 4 is 16.7 Å². The van der Waals surface area contributed by atoms with Crippen LogP contribution in [0, 0.1) is 5.82 Å². The van der Waals surface area contributed by atoms with Gasteiger partial charge in [0.2, 0.25) is 0 Å². The zero-order valence-electron chi connectivity index (χ0n) is 15.0. The molecule has 1 atom stereocenters. The van der Waals surface area contributed by atoms with Crippen LogP contribution in [0.5, 0.6) is 0 Å². The van der Waals surface area contributed by atoms with Crippen LogP contribution in [-0.4, -0.2) is 46.4 Å². The Hall–Kier alpha value is -2.40. The molecule has 134 valence electrons. The van der Waals surface area contributed by atoms with Gasteiger partial charge in [-0.2, -0.15) is 0 Å². The normalized spacial score (nSPS) is 21.5. The molecule has 1 unspecified atom stereocenters. The lowest BCUT2D eigenvalue weighted by molar-refractivity contribution is 0.219. The molecule has 0 spiro atoms. The molecule has 1 saturated heterocycles. The van der Waals surface area contributed by atoms with Crippen LogP contribution in [0.3, 0.4) is 0 Å². The largest absolute Gasteiger partial charge is 0.349 e. The van der Waals surface area contributed by atoms with Gasteiger partial charge in [-0.25, -0.2) is 9.07 Å². The molecule has 1 aliphatic heterocycles. The van der Waals surface area contributed by atoms with Crippen molar-refractivity contribution in [1.82, 2.24) is 14.7 Å². The first-order valence-corrected chi connectivity index (χ1v) is 9.45. The van der Waals surface area contributed by atoms with Gasteiger partial charge in [0.25, 0.3) is 0 Å². The highest BCUT2D eigenvalue weighted by atomic mass is 19.1. The molecule has 2 heterocycles. The summed E-state index contributed by atoms with van der Waals surface area (Å²) in [5.74, 6) is 0.808. The van der Waals surface area contributed by atoms with E-state index in [0.29, 0.717) is 6.04 Å². The Kier molecular flexibility index (Phi) is 3.71. The van der Waals surface area contributed by atoms with Crippen molar-refractivity contribution in [3.05, 3.63) is 54.3 Å². The van der Waals surface area contributed by atoms with E-state index in [-0.39, 0.29) is 5.82 Å². The highest BCUT2D eigenvalue weighted by Crippen LogP contribution is 2.33. The zero-order chi connectivity index (χ0) is 17.7. The molecule has 2 fully saturated rings. The minimum Gasteiger partial charge on any atom is -0.349 e. The fraction of sp³-hybridized carbons (Fsp3) is 0.381. The number of fused-ring (bicyclic) bond motifs is 1. The Morgan fingerprint density at radius 2 is 1.77 bits per heavy atom. The molecule has 26 heavy (non-hydrogen) atoms. The fourth-order valence-electron chi connectivity index (χ4n) is 4.11. The molecule has 2 aromatic carbocycles. The maximum atomic E-state index is 13.3. The SMILES string of the molecule is CC1CN(C2CC2)CCN1c1nn(-c2ccc(F)cc2)c2ccccc12. The molecule has 4 nitrogen and oxygen atoms in total. The first-order chi connectivity index (χ1) is 12.7. The number of rotatable bonds is 3. The maximum Gasteiger partial charge on any atom is 0.159 e. The Bertz CT molecular complexity index is 929. The first-order valence-electron chi connectivity index (χ1n) is 9.45. The van der Waals surface area contributed by atoms with E-state index in [0.717, 1.165) is 48.1 Å². The number of halogens is 1. The highest BCUT2D eigenvalue weighted by molar-refractivity contribution is 5.92. The molecule has 0 amide bonds. The third-order valence-corrected chi connectivity index (χ3v) is 5.63. The third-order valence-electron chi connectivity index (χ3n) is 5.63. The molecule has 1 aliphatic carbocycles. The van der Waals surface area contributed by atoms with E-state index in [4.69, 9.17) is 5.10 Å². The summed E-state index contributed by atoms with van der Waals surface area (Å²) >= 11 is 0. The smallest absolute Gasteiger partial charge is 0.159 e. The van der Waals surface area contributed by atoms with E-state index in [1.54, 1.807) is 12.1 Å². The van der Waals surface area contributed by atoms with Gasteiger partial charge < -0.3 is 4.90 Å². The van der Waals surface area contributed by atoms with Crippen molar-refractivity contribution in [3.8, 4) is 5.69 Å². The predicted molar refractivity (Wildman–Crippen MR) is 102 cm³/mol. The van der Waals surface area contributed by atoms with Crippen molar-refractivity contribution < 1.29 is 4.39 Å². The van der Waals surface area contributed by atoms with E-state index in [2.05, 4.69) is 34.9 Å². The van der Waals surface area contributed by atoms with E-state index in [9.17, 15) is 4.39 Å². The van der Waals surface area contributed by atoms with Crippen LogP contribution in [0.2, 0.25) is 0 Å². The van der Waals surface area contributed by atoms with Crippen LogP contribution in [0.25, 0.3) is 16.6 Å². The summed E-state index contributed by atoms with van der Waals surface area (Å²) in [5.41, 5.74) is 1.95. The lowest BCUT2D eigenvalue weighted by Crippen LogP contribution is -2.52. The van der Waals surface area contributed by atoms with Crippen LogP contribution >= 0.6 is 0 Å². The van der Waals surface area contributed by atoms with Crippen LogP contribution in [-0.2, 0) is 0 Å². The van der Waals surface area contributed by atoms with E-state index >= 15 is 0 Å². The van der Waals surface area contributed by atoms with Crippen molar-refractivity contribution in [3.63, 3.8) is 0 Å². The zero-order valence-corrected chi connectivity index (χ0v) is 15.0.